The molecule has 126 valence electrons. The molecule has 3 aromatic carbocycles. The van der Waals surface area contributed by atoms with Crippen LogP contribution in [0.3, 0.4) is 0 Å². The summed E-state index contributed by atoms with van der Waals surface area (Å²) in [4.78, 5) is 12.2. The Hall–Kier alpha value is -2.72. The molecule has 0 saturated carbocycles. The standard InChI is InChI=1S/C20H15ClO4/c21-17-8-13(9-18-20(17)25-12-24-18)11-23-19(22)10-15-6-3-5-14-4-1-2-7-16(14)15/h1-9H,10-12H2. The maximum Gasteiger partial charge on any atom is 0.310 e. The Labute approximate surface area is 149 Å². The number of rotatable bonds is 4. The van der Waals surface area contributed by atoms with Crippen LogP contribution in [0, 0.1) is 0 Å². The van der Waals surface area contributed by atoms with Crippen molar-refractivity contribution in [3.05, 3.63) is 70.7 Å². The van der Waals surface area contributed by atoms with Gasteiger partial charge in [0.15, 0.2) is 11.5 Å². The molecule has 0 aromatic heterocycles. The van der Waals surface area contributed by atoms with Crippen molar-refractivity contribution < 1.29 is 19.0 Å². The van der Waals surface area contributed by atoms with Gasteiger partial charge >= 0.3 is 5.97 Å². The summed E-state index contributed by atoms with van der Waals surface area (Å²) in [6.07, 6.45) is 0.222. The zero-order valence-electron chi connectivity index (χ0n) is 13.3. The molecule has 0 spiro atoms. The van der Waals surface area contributed by atoms with Gasteiger partial charge in [-0.3, -0.25) is 4.79 Å². The predicted octanol–water partition coefficient (Wildman–Crippen LogP) is 4.51. The van der Waals surface area contributed by atoms with Crippen molar-refractivity contribution in [2.24, 2.45) is 0 Å². The van der Waals surface area contributed by atoms with E-state index in [1.807, 2.05) is 42.5 Å². The Morgan fingerprint density at radius 3 is 2.84 bits per heavy atom. The zero-order chi connectivity index (χ0) is 17.2. The molecular weight excluding hydrogens is 340 g/mol. The summed E-state index contributed by atoms with van der Waals surface area (Å²) in [6, 6.07) is 17.4. The number of esters is 1. The third-order valence-electron chi connectivity index (χ3n) is 4.10. The fraction of sp³-hybridized carbons (Fsp3) is 0.150. The van der Waals surface area contributed by atoms with E-state index in [2.05, 4.69) is 0 Å². The van der Waals surface area contributed by atoms with Crippen LogP contribution in [0.2, 0.25) is 5.02 Å². The lowest BCUT2D eigenvalue weighted by molar-refractivity contribution is -0.144. The normalized spacial score (nSPS) is 12.4. The summed E-state index contributed by atoms with van der Waals surface area (Å²) in [5, 5.41) is 2.62. The highest BCUT2D eigenvalue weighted by atomic mass is 35.5. The van der Waals surface area contributed by atoms with Gasteiger partial charge in [-0.2, -0.15) is 0 Å². The van der Waals surface area contributed by atoms with Gasteiger partial charge in [0, 0.05) is 0 Å². The number of carbonyl (C=O) groups is 1. The van der Waals surface area contributed by atoms with Gasteiger partial charge in [-0.1, -0.05) is 54.1 Å². The van der Waals surface area contributed by atoms with E-state index in [0.29, 0.717) is 16.5 Å². The summed E-state index contributed by atoms with van der Waals surface area (Å²) >= 11 is 6.14. The van der Waals surface area contributed by atoms with Crippen LogP contribution in [0.5, 0.6) is 11.5 Å². The van der Waals surface area contributed by atoms with Crippen LogP contribution >= 0.6 is 11.6 Å². The Morgan fingerprint density at radius 2 is 1.92 bits per heavy atom. The maximum atomic E-state index is 12.2. The van der Waals surface area contributed by atoms with Crippen LogP contribution in [0.25, 0.3) is 10.8 Å². The van der Waals surface area contributed by atoms with Gasteiger partial charge < -0.3 is 14.2 Å². The lowest BCUT2D eigenvalue weighted by Crippen LogP contribution is -2.08. The maximum absolute atomic E-state index is 12.2. The Balaban J connectivity index is 1.45. The van der Waals surface area contributed by atoms with Crippen LogP contribution in [0.1, 0.15) is 11.1 Å². The number of halogens is 1. The largest absolute Gasteiger partial charge is 0.461 e. The molecule has 0 saturated heterocycles. The van der Waals surface area contributed by atoms with Gasteiger partial charge in [0.25, 0.3) is 0 Å². The molecule has 4 rings (SSSR count). The Kier molecular flexibility index (Phi) is 4.20. The monoisotopic (exact) mass is 354 g/mol. The second-order valence-corrected chi connectivity index (χ2v) is 6.19. The number of ether oxygens (including phenoxy) is 3. The number of carbonyl (C=O) groups excluding carboxylic acids is 1. The van der Waals surface area contributed by atoms with E-state index in [1.54, 1.807) is 12.1 Å². The van der Waals surface area contributed by atoms with E-state index in [-0.39, 0.29) is 25.8 Å². The molecule has 0 amide bonds. The van der Waals surface area contributed by atoms with Crippen molar-refractivity contribution in [1.29, 1.82) is 0 Å². The second-order valence-electron chi connectivity index (χ2n) is 5.79. The molecule has 0 aliphatic carbocycles. The lowest BCUT2D eigenvalue weighted by atomic mass is 10.0. The molecular formula is C20H15ClO4. The van der Waals surface area contributed by atoms with E-state index in [0.717, 1.165) is 21.9 Å². The molecule has 0 atom stereocenters. The first-order chi connectivity index (χ1) is 12.2. The fourth-order valence-electron chi connectivity index (χ4n) is 2.92. The highest BCUT2D eigenvalue weighted by Gasteiger charge is 2.18. The number of benzene rings is 3. The van der Waals surface area contributed by atoms with E-state index in [9.17, 15) is 4.79 Å². The molecule has 0 fully saturated rings. The minimum Gasteiger partial charge on any atom is -0.461 e. The van der Waals surface area contributed by atoms with Crippen molar-refractivity contribution >= 4 is 28.3 Å². The minimum absolute atomic E-state index is 0.139. The van der Waals surface area contributed by atoms with Crippen molar-refractivity contribution in [1.82, 2.24) is 0 Å². The number of fused-ring (bicyclic) bond motifs is 2. The van der Waals surface area contributed by atoms with Gasteiger partial charge in [0.1, 0.15) is 6.61 Å². The first-order valence-corrected chi connectivity index (χ1v) is 8.29. The summed E-state index contributed by atoms with van der Waals surface area (Å²) in [6.45, 7) is 0.291. The lowest BCUT2D eigenvalue weighted by Gasteiger charge is -2.09. The number of hydrogen-bond donors (Lipinski definition) is 0. The molecule has 0 radical (unpaired) electrons. The molecule has 3 aromatic rings. The van der Waals surface area contributed by atoms with Gasteiger partial charge in [-0.25, -0.2) is 0 Å². The Bertz CT molecular complexity index is 946. The third-order valence-corrected chi connectivity index (χ3v) is 4.38. The van der Waals surface area contributed by atoms with Crippen molar-refractivity contribution in [3.8, 4) is 11.5 Å². The molecule has 0 N–H and O–H groups in total. The van der Waals surface area contributed by atoms with Crippen LogP contribution in [-0.4, -0.2) is 12.8 Å². The summed E-state index contributed by atoms with van der Waals surface area (Å²) in [7, 11) is 0. The quantitative estimate of drug-likeness (QED) is 0.647. The molecule has 25 heavy (non-hydrogen) atoms. The molecule has 0 unspecified atom stereocenters. The second kappa shape index (κ2) is 6.65. The van der Waals surface area contributed by atoms with Crippen molar-refractivity contribution in [3.63, 3.8) is 0 Å². The fourth-order valence-corrected chi connectivity index (χ4v) is 3.21. The molecule has 5 heteroatoms. The van der Waals surface area contributed by atoms with E-state index in [4.69, 9.17) is 25.8 Å². The highest BCUT2D eigenvalue weighted by Crippen LogP contribution is 2.39. The average Bonchev–Trinajstić information content (AvgIpc) is 3.10. The SMILES string of the molecule is O=C(Cc1cccc2ccccc12)OCc1cc(Cl)c2c(c1)OCO2. The molecule has 4 nitrogen and oxygen atoms in total. The van der Waals surface area contributed by atoms with E-state index in [1.165, 1.54) is 0 Å². The first kappa shape index (κ1) is 15.8. The third kappa shape index (κ3) is 3.26. The number of hydrogen-bond acceptors (Lipinski definition) is 4. The van der Waals surface area contributed by atoms with E-state index < -0.39 is 0 Å². The van der Waals surface area contributed by atoms with Gasteiger partial charge in [-0.15, -0.1) is 0 Å². The molecule has 1 aliphatic rings. The Morgan fingerprint density at radius 1 is 1.08 bits per heavy atom. The summed E-state index contributed by atoms with van der Waals surface area (Å²) < 4.78 is 16.0. The highest BCUT2D eigenvalue weighted by molar-refractivity contribution is 6.32. The smallest absolute Gasteiger partial charge is 0.310 e. The van der Waals surface area contributed by atoms with Crippen LogP contribution in [0.4, 0.5) is 0 Å². The molecule has 1 aliphatic heterocycles. The van der Waals surface area contributed by atoms with Crippen LogP contribution < -0.4 is 9.47 Å². The minimum atomic E-state index is -0.287. The summed E-state index contributed by atoms with van der Waals surface area (Å²) in [5.74, 6) is 0.824. The predicted molar refractivity (Wildman–Crippen MR) is 95.0 cm³/mol. The van der Waals surface area contributed by atoms with E-state index >= 15 is 0 Å². The van der Waals surface area contributed by atoms with Crippen molar-refractivity contribution in [2.45, 2.75) is 13.0 Å². The molecule has 0 bridgehead atoms. The van der Waals surface area contributed by atoms with Gasteiger partial charge in [0.05, 0.1) is 11.4 Å². The van der Waals surface area contributed by atoms with Crippen LogP contribution in [0.15, 0.2) is 54.6 Å². The average molecular weight is 355 g/mol. The topological polar surface area (TPSA) is 44.8 Å². The van der Waals surface area contributed by atoms with Gasteiger partial charge in [-0.05, 0) is 34.0 Å². The molecule has 1 heterocycles. The summed E-state index contributed by atoms with van der Waals surface area (Å²) in [5.41, 5.74) is 1.72. The zero-order valence-corrected chi connectivity index (χ0v) is 14.1. The van der Waals surface area contributed by atoms with Crippen molar-refractivity contribution in [2.75, 3.05) is 6.79 Å². The van der Waals surface area contributed by atoms with Crippen LogP contribution in [-0.2, 0) is 22.6 Å². The first-order valence-electron chi connectivity index (χ1n) is 7.91. The van der Waals surface area contributed by atoms with Gasteiger partial charge in [0.2, 0.25) is 6.79 Å².